The monoisotopic (exact) mass is 214 g/mol. The van der Waals surface area contributed by atoms with Crippen molar-refractivity contribution in [1.82, 2.24) is 0 Å². The van der Waals surface area contributed by atoms with E-state index in [2.05, 4.69) is 25.1 Å². The van der Waals surface area contributed by atoms with Crippen LogP contribution in [0.4, 0.5) is 0 Å². The summed E-state index contributed by atoms with van der Waals surface area (Å²) < 4.78 is 5.91. The zero-order valence-electron chi connectivity index (χ0n) is 9.78. The maximum atomic E-state index is 5.91. The number of rotatable bonds is 0. The molecule has 1 aliphatic heterocycles. The van der Waals surface area contributed by atoms with Crippen LogP contribution in [0.3, 0.4) is 0 Å². The second kappa shape index (κ2) is 3.10. The van der Waals surface area contributed by atoms with Gasteiger partial charge < -0.3 is 4.74 Å². The minimum atomic E-state index is 0.454. The standard InChI is InChI=1S/C15H18O/c1-9-6-7-12-13(8-9)10-4-2-3-5-11(10)14-15(12)16-14/h6-8,10-11,14-15H,2-5H2,1H3/t10-,11+,14-,15+/m1/s1. The average Bonchev–Trinajstić information content (AvgIpc) is 3.09. The molecule has 0 bridgehead atoms. The van der Waals surface area contributed by atoms with Crippen LogP contribution >= 0.6 is 0 Å². The van der Waals surface area contributed by atoms with Crippen molar-refractivity contribution in [1.29, 1.82) is 0 Å². The summed E-state index contributed by atoms with van der Waals surface area (Å²) in [7, 11) is 0. The zero-order chi connectivity index (χ0) is 10.7. The molecule has 0 N–H and O–H groups in total. The molecule has 0 amide bonds. The van der Waals surface area contributed by atoms with E-state index in [0.717, 1.165) is 11.8 Å². The van der Waals surface area contributed by atoms with Crippen molar-refractivity contribution in [3.05, 3.63) is 34.9 Å². The van der Waals surface area contributed by atoms with Gasteiger partial charge in [0.05, 0.1) is 6.10 Å². The number of fused-ring (bicyclic) bond motifs is 6. The number of ether oxygens (including phenoxy) is 1. The van der Waals surface area contributed by atoms with Crippen LogP contribution in [0.2, 0.25) is 0 Å². The van der Waals surface area contributed by atoms with Crippen LogP contribution in [0.5, 0.6) is 0 Å². The Hall–Kier alpha value is -0.820. The molecule has 1 nitrogen and oxygen atoms in total. The molecule has 1 saturated heterocycles. The SMILES string of the molecule is Cc1ccc2c(c1)[C@@H]1CCCC[C@@H]1[C@H]1O[C@@H]21. The molecule has 0 radical (unpaired) electrons. The lowest BCUT2D eigenvalue weighted by Crippen LogP contribution is -2.27. The smallest absolute Gasteiger partial charge is 0.110 e. The van der Waals surface area contributed by atoms with Gasteiger partial charge in [0.25, 0.3) is 0 Å². The molecule has 1 aromatic carbocycles. The Balaban J connectivity index is 1.84. The summed E-state index contributed by atoms with van der Waals surface area (Å²) in [5.41, 5.74) is 4.52. The van der Waals surface area contributed by atoms with Gasteiger partial charge in [0.15, 0.2) is 0 Å². The predicted octanol–water partition coefficient (Wildman–Crippen LogP) is 3.72. The van der Waals surface area contributed by atoms with Crippen LogP contribution in [-0.4, -0.2) is 6.10 Å². The van der Waals surface area contributed by atoms with E-state index in [4.69, 9.17) is 4.74 Å². The molecule has 84 valence electrons. The normalized spacial score (nSPS) is 39.6. The summed E-state index contributed by atoms with van der Waals surface area (Å²) in [5.74, 6) is 1.63. The summed E-state index contributed by atoms with van der Waals surface area (Å²) in [6.07, 6.45) is 6.61. The molecule has 2 fully saturated rings. The first-order valence-corrected chi connectivity index (χ1v) is 6.60. The number of aryl methyl sites for hydroxylation is 1. The van der Waals surface area contributed by atoms with E-state index in [9.17, 15) is 0 Å². The zero-order valence-corrected chi connectivity index (χ0v) is 9.78. The van der Waals surface area contributed by atoms with Crippen molar-refractivity contribution in [3.8, 4) is 0 Å². The van der Waals surface area contributed by atoms with Gasteiger partial charge >= 0.3 is 0 Å². The highest BCUT2D eigenvalue weighted by Crippen LogP contribution is 2.58. The van der Waals surface area contributed by atoms with Gasteiger partial charge in [-0.05, 0) is 42.7 Å². The molecule has 16 heavy (non-hydrogen) atoms. The summed E-state index contributed by atoms with van der Waals surface area (Å²) >= 11 is 0. The van der Waals surface area contributed by atoms with Gasteiger partial charge in [0, 0.05) is 0 Å². The quantitative estimate of drug-likeness (QED) is 0.600. The molecular formula is C15H18O. The fraction of sp³-hybridized carbons (Fsp3) is 0.600. The van der Waals surface area contributed by atoms with Crippen LogP contribution in [0.15, 0.2) is 18.2 Å². The second-order valence-corrected chi connectivity index (χ2v) is 5.71. The van der Waals surface area contributed by atoms with E-state index in [0.29, 0.717) is 12.2 Å². The molecule has 2 aliphatic carbocycles. The fourth-order valence-electron chi connectivity index (χ4n) is 3.91. The van der Waals surface area contributed by atoms with Gasteiger partial charge in [-0.2, -0.15) is 0 Å². The van der Waals surface area contributed by atoms with Crippen molar-refractivity contribution in [3.63, 3.8) is 0 Å². The first-order chi connectivity index (χ1) is 7.84. The van der Waals surface area contributed by atoms with Crippen molar-refractivity contribution in [2.24, 2.45) is 5.92 Å². The van der Waals surface area contributed by atoms with E-state index in [-0.39, 0.29) is 0 Å². The van der Waals surface area contributed by atoms with Crippen LogP contribution in [-0.2, 0) is 4.74 Å². The molecule has 1 heteroatoms. The highest BCUT2D eigenvalue weighted by molar-refractivity contribution is 5.42. The van der Waals surface area contributed by atoms with Crippen LogP contribution in [0, 0.1) is 12.8 Å². The Morgan fingerprint density at radius 2 is 2.00 bits per heavy atom. The molecule has 0 aromatic heterocycles. The first-order valence-electron chi connectivity index (χ1n) is 6.60. The van der Waals surface area contributed by atoms with E-state index in [1.165, 1.54) is 36.8 Å². The number of benzene rings is 1. The average molecular weight is 214 g/mol. The van der Waals surface area contributed by atoms with E-state index in [1.807, 2.05) is 0 Å². The predicted molar refractivity (Wildman–Crippen MR) is 63.5 cm³/mol. The summed E-state index contributed by atoms with van der Waals surface area (Å²) in [5, 5.41) is 0. The van der Waals surface area contributed by atoms with Gasteiger partial charge in [0.2, 0.25) is 0 Å². The van der Waals surface area contributed by atoms with E-state index < -0.39 is 0 Å². The van der Waals surface area contributed by atoms with Crippen molar-refractivity contribution in [2.45, 2.75) is 50.7 Å². The Bertz CT molecular complexity index is 437. The number of epoxide rings is 1. The summed E-state index contributed by atoms with van der Waals surface area (Å²) in [6, 6.07) is 6.96. The Labute approximate surface area is 96.8 Å². The molecule has 4 atom stereocenters. The molecule has 1 saturated carbocycles. The van der Waals surface area contributed by atoms with Crippen molar-refractivity contribution in [2.75, 3.05) is 0 Å². The highest BCUT2D eigenvalue weighted by Gasteiger charge is 2.54. The summed E-state index contributed by atoms with van der Waals surface area (Å²) in [4.78, 5) is 0. The highest BCUT2D eigenvalue weighted by atomic mass is 16.6. The Morgan fingerprint density at radius 1 is 1.12 bits per heavy atom. The van der Waals surface area contributed by atoms with Crippen LogP contribution in [0.25, 0.3) is 0 Å². The lowest BCUT2D eigenvalue weighted by molar-refractivity contribution is 0.237. The van der Waals surface area contributed by atoms with Gasteiger partial charge in [-0.15, -0.1) is 0 Å². The largest absolute Gasteiger partial charge is 0.364 e. The molecule has 0 unspecified atom stereocenters. The third kappa shape index (κ3) is 1.15. The van der Waals surface area contributed by atoms with E-state index >= 15 is 0 Å². The lowest BCUT2D eigenvalue weighted by atomic mass is 9.68. The van der Waals surface area contributed by atoms with Gasteiger partial charge in [-0.3, -0.25) is 0 Å². The Morgan fingerprint density at radius 3 is 2.94 bits per heavy atom. The maximum absolute atomic E-state index is 5.91. The topological polar surface area (TPSA) is 12.5 Å². The van der Waals surface area contributed by atoms with Crippen molar-refractivity contribution < 1.29 is 4.74 Å². The van der Waals surface area contributed by atoms with Gasteiger partial charge in [-0.1, -0.05) is 36.6 Å². The van der Waals surface area contributed by atoms with Gasteiger partial charge in [0.1, 0.15) is 6.10 Å². The number of hydrogen-bond acceptors (Lipinski definition) is 1. The fourth-order valence-corrected chi connectivity index (χ4v) is 3.91. The van der Waals surface area contributed by atoms with Crippen LogP contribution in [0.1, 0.15) is 54.4 Å². The third-order valence-corrected chi connectivity index (χ3v) is 4.72. The molecule has 1 aromatic rings. The number of hydrogen-bond donors (Lipinski definition) is 0. The van der Waals surface area contributed by atoms with Crippen molar-refractivity contribution >= 4 is 0 Å². The minimum Gasteiger partial charge on any atom is -0.364 e. The molecule has 1 heterocycles. The lowest BCUT2D eigenvalue weighted by Gasteiger charge is -2.35. The van der Waals surface area contributed by atoms with Gasteiger partial charge in [-0.25, -0.2) is 0 Å². The minimum absolute atomic E-state index is 0.454. The second-order valence-electron chi connectivity index (χ2n) is 5.71. The molecular weight excluding hydrogens is 196 g/mol. The summed E-state index contributed by atoms with van der Waals surface area (Å²) in [6.45, 7) is 2.21. The Kier molecular flexibility index (Phi) is 1.79. The van der Waals surface area contributed by atoms with Crippen LogP contribution < -0.4 is 0 Å². The van der Waals surface area contributed by atoms with E-state index in [1.54, 1.807) is 5.56 Å². The molecule has 0 spiro atoms. The maximum Gasteiger partial charge on any atom is 0.110 e. The first kappa shape index (κ1) is 9.23. The third-order valence-electron chi connectivity index (χ3n) is 4.72. The molecule has 3 aliphatic rings. The molecule has 4 rings (SSSR count).